The van der Waals surface area contributed by atoms with Crippen molar-refractivity contribution in [3.8, 4) is 11.3 Å². The van der Waals surface area contributed by atoms with Gasteiger partial charge in [0.15, 0.2) is 0 Å². The Morgan fingerprint density at radius 2 is 1.87 bits per heavy atom. The molecule has 1 atom stereocenters. The quantitative estimate of drug-likeness (QED) is 0.821. The smallest absolute Gasteiger partial charge is 0.338 e. The fourth-order valence-electron chi connectivity index (χ4n) is 2.08. The summed E-state index contributed by atoms with van der Waals surface area (Å²) < 4.78 is 15.2. The van der Waals surface area contributed by atoms with Gasteiger partial charge in [-0.05, 0) is 31.2 Å². The van der Waals surface area contributed by atoms with E-state index in [2.05, 4.69) is 4.74 Å². The van der Waals surface area contributed by atoms with Gasteiger partial charge >= 0.3 is 11.9 Å². The second-order valence-electron chi connectivity index (χ2n) is 4.90. The van der Waals surface area contributed by atoms with Crippen LogP contribution >= 0.6 is 0 Å². The summed E-state index contributed by atoms with van der Waals surface area (Å²) in [4.78, 5) is 22.9. The predicted molar refractivity (Wildman–Crippen MR) is 83.8 cm³/mol. The summed E-state index contributed by atoms with van der Waals surface area (Å²) in [7, 11) is 1.29. The summed E-state index contributed by atoms with van der Waals surface area (Å²) in [6.45, 7) is 2.10. The number of carbonyl (C=O) groups excluding carboxylic acids is 2. The molecule has 0 fully saturated rings. The van der Waals surface area contributed by atoms with Crippen molar-refractivity contribution in [2.75, 3.05) is 13.7 Å². The molecule has 1 aromatic carbocycles. The molecule has 6 heteroatoms. The highest BCUT2D eigenvalue weighted by Crippen LogP contribution is 2.23. The summed E-state index contributed by atoms with van der Waals surface area (Å²) in [5, 5.41) is 0. The van der Waals surface area contributed by atoms with Crippen LogP contribution in [0, 0.1) is 0 Å². The van der Waals surface area contributed by atoms with E-state index in [0.717, 1.165) is 5.56 Å². The average Bonchev–Trinajstić information content (AvgIpc) is 3.02. The third-order valence-electron chi connectivity index (χ3n) is 3.27. The zero-order chi connectivity index (χ0) is 16.8. The van der Waals surface area contributed by atoms with Crippen molar-refractivity contribution < 1.29 is 23.5 Å². The number of furan rings is 1. The first-order valence-corrected chi connectivity index (χ1v) is 7.24. The van der Waals surface area contributed by atoms with Crippen molar-refractivity contribution in [2.45, 2.75) is 19.4 Å². The van der Waals surface area contributed by atoms with Crippen LogP contribution in [-0.4, -0.2) is 31.7 Å². The largest absolute Gasteiger partial charge is 0.468 e. The molecule has 0 aliphatic rings. The Hall–Kier alpha value is -2.60. The lowest BCUT2D eigenvalue weighted by Gasteiger charge is -2.06. The van der Waals surface area contributed by atoms with Crippen molar-refractivity contribution in [1.29, 1.82) is 0 Å². The molecule has 0 amide bonds. The number of benzene rings is 1. The Balaban J connectivity index is 2.08. The molecule has 23 heavy (non-hydrogen) atoms. The molecule has 0 aliphatic heterocycles. The minimum atomic E-state index is -0.759. The summed E-state index contributed by atoms with van der Waals surface area (Å²) in [5.41, 5.74) is 7.00. The topological polar surface area (TPSA) is 91.8 Å². The number of ether oxygens (including phenoxy) is 2. The van der Waals surface area contributed by atoms with Gasteiger partial charge in [-0.2, -0.15) is 0 Å². The number of rotatable bonds is 6. The van der Waals surface area contributed by atoms with Gasteiger partial charge in [-0.25, -0.2) is 4.79 Å². The second kappa shape index (κ2) is 7.60. The van der Waals surface area contributed by atoms with E-state index < -0.39 is 12.0 Å². The average molecular weight is 317 g/mol. The normalized spacial score (nSPS) is 11.8. The highest BCUT2D eigenvalue weighted by atomic mass is 16.5. The lowest BCUT2D eigenvalue weighted by atomic mass is 10.1. The lowest BCUT2D eigenvalue weighted by Crippen LogP contribution is -2.33. The van der Waals surface area contributed by atoms with Crippen LogP contribution in [0.15, 0.2) is 40.8 Å². The van der Waals surface area contributed by atoms with Crippen LogP contribution in [0.4, 0.5) is 0 Å². The zero-order valence-electron chi connectivity index (χ0n) is 13.1. The number of carbonyl (C=O) groups is 2. The molecule has 2 N–H and O–H groups in total. The maximum atomic E-state index is 11.6. The van der Waals surface area contributed by atoms with E-state index in [-0.39, 0.29) is 12.4 Å². The Labute approximate surface area is 134 Å². The lowest BCUT2D eigenvalue weighted by molar-refractivity contribution is -0.142. The molecule has 0 saturated carbocycles. The number of hydrogen-bond donors (Lipinski definition) is 1. The van der Waals surface area contributed by atoms with Crippen LogP contribution in [0.2, 0.25) is 0 Å². The molecule has 6 nitrogen and oxygen atoms in total. The Kier molecular flexibility index (Phi) is 5.54. The number of hydrogen-bond acceptors (Lipinski definition) is 6. The van der Waals surface area contributed by atoms with E-state index in [9.17, 15) is 9.59 Å². The van der Waals surface area contributed by atoms with Crippen LogP contribution in [-0.2, 0) is 20.7 Å². The second-order valence-corrected chi connectivity index (χ2v) is 4.90. The van der Waals surface area contributed by atoms with Gasteiger partial charge in [0.1, 0.15) is 17.6 Å². The molecule has 122 valence electrons. The van der Waals surface area contributed by atoms with Gasteiger partial charge < -0.3 is 19.6 Å². The SMILES string of the molecule is CCOC(=O)c1ccc(-c2ccc(CC(N)C(=O)OC)o2)cc1. The number of nitrogens with two attached hydrogens (primary N) is 1. The molecular formula is C17H19NO5. The van der Waals surface area contributed by atoms with Gasteiger partial charge in [0.05, 0.1) is 19.3 Å². The van der Waals surface area contributed by atoms with Crippen molar-refractivity contribution in [1.82, 2.24) is 0 Å². The molecule has 2 aromatic rings. The maximum absolute atomic E-state index is 11.6. The van der Waals surface area contributed by atoms with E-state index in [1.165, 1.54) is 7.11 Å². The molecular weight excluding hydrogens is 298 g/mol. The molecule has 1 aromatic heterocycles. The molecule has 0 spiro atoms. The number of esters is 2. The van der Waals surface area contributed by atoms with E-state index >= 15 is 0 Å². The van der Waals surface area contributed by atoms with Gasteiger partial charge in [0, 0.05) is 12.0 Å². The standard InChI is InChI=1S/C17H19NO5/c1-3-22-16(19)12-6-4-11(5-7-12)15-9-8-13(23-15)10-14(18)17(20)21-2/h4-9,14H,3,10,18H2,1-2H3. The third kappa shape index (κ3) is 4.20. The van der Waals surface area contributed by atoms with Gasteiger partial charge in [-0.3, -0.25) is 4.79 Å². The summed E-state index contributed by atoms with van der Waals surface area (Å²) in [6, 6.07) is 9.69. The van der Waals surface area contributed by atoms with E-state index in [1.54, 1.807) is 43.3 Å². The number of methoxy groups -OCH3 is 1. The van der Waals surface area contributed by atoms with E-state index in [0.29, 0.717) is 23.7 Å². The van der Waals surface area contributed by atoms with Crippen LogP contribution in [0.1, 0.15) is 23.0 Å². The summed E-state index contributed by atoms with van der Waals surface area (Å²) in [5.74, 6) is 0.379. The van der Waals surface area contributed by atoms with Crippen LogP contribution < -0.4 is 5.73 Å². The monoisotopic (exact) mass is 317 g/mol. The summed E-state index contributed by atoms with van der Waals surface area (Å²) >= 11 is 0. The fourth-order valence-corrected chi connectivity index (χ4v) is 2.08. The predicted octanol–water partition coefficient (Wildman–Crippen LogP) is 2.17. The molecule has 1 heterocycles. The van der Waals surface area contributed by atoms with Crippen LogP contribution in [0.25, 0.3) is 11.3 Å². The van der Waals surface area contributed by atoms with E-state index in [4.69, 9.17) is 14.9 Å². The molecule has 2 rings (SSSR count). The summed E-state index contributed by atoms with van der Waals surface area (Å²) in [6.07, 6.45) is 0.258. The minimum absolute atomic E-state index is 0.258. The Morgan fingerprint density at radius 1 is 1.17 bits per heavy atom. The molecule has 0 bridgehead atoms. The zero-order valence-corrected chi connectivity index (χ0v) is 13.1. The van der Waals surface area contributed by atoms with Crippen LogP contribution in [0.5, 0.6) is 0 Å². The van der Waals surface area contributed by atoms with Gasteiger partial charge in [0.2, 0.25) is 0 Å². The highest BCUT2D eigenvalue weighted by Gasteiger charge is 2.17. The van der Waals surface area contributed by atoms with E-state index in [1.807, 2.05) is 0 Å². The Morgan fingerprint density at radius 3 is 2.48 bits per heavy atom. The maximum Gasteiger partial charge on any atom is 0.338 e. The van der Waals surface area contributed by atoms with Crippen molar-refractivity contribution in [2.24, 2.45) is 5.73 Å². The third-order valence-corrected chi connectivity index (χ3v) is 3.27. The molecule has 0 aliphatic carbocycles. The first kappa shape index (κ1) is 16.8. The van der Waals surface area contributed by atoms with Crippen molar-refractivity contribution >= 4 is 11.9 Å². The highest BCUT2D eigenvalue weighted by molar-refractivity contribution is 5.89. The van der Waals surface area contributed by atoms with Crippen molar-refractivity contribution in [3.05, 3.63) is 47.7 Å². The van der Waals surface area contributed by atoms with Gasteiger partial charge in [-0.1, -0.05) is 12.1 Å². The Bertz CT molecular complexity index is 675. The van der Waals surface area contributed by atoms with Gasteiger partial charge in [0.25, 0.3) is 0 Å². The first-order valence-electron chi connectivity index (χ1n) is 7.24. The van der Waals surface area contributed by atoms with Crippen LogP contribution in [0.3, 0.4) is 0 Å². The molecule has 0 saturated heterocycles. The molecule has 1 unspecified atom stereocenters. The van der Waals surface area contributed by atoms with Crippen molar-refractivity contribution in [3.63, 3.8) is 0 Å². The van der Waals surface area contributed by atoms with Gasteiger partial charge in [-0.15, -0.1) is 0 Å². The fraction of sp³-hybridized carbons (Fsp3) is 0.294. The molecule has 0 radical (unpaired) electrons. The minimum Gasteiger partial charge on any atom is -0.468 e. The first-order chi connectivity index (χ1) is 11.0.